The van der Waals surface area contributed by atoms with Crippen LogP contribution in [0.3, 0.4) is 0 Å². The molecule has 0 aromatic rings. The second kappa shape index (κ2) is 15.8. The van der Waals surface area contributed by atoms with E-state index in [-0.39, 0.29) is 12.3 Å². The molecule has 0 heterocycles. The molecule has 0 saturated carbocycles. The molecule has 0 bridgehead atoms. The number of carbonyl (C=O) groups excluding carboxylic acids is 1. The van der Waals surface area contributed by atoms with Gasteiger partial charge in [-0.15, -0.1) is 0 Å². The van der Waals surface area contributed by atoms with Crippen LogP contribution in [0.4, 0.5) is 0 Å². The van der Waals surface area contributed by atoms with E-state index in [9.17, 15) is 9.59 Å². The van der Waals surface area contributed by atoms with Gasteiger partial charge in [-0.3, -0.25) is 9.59 Å². The first-order chi connectivity index (χ1) is 11.1. The van der Waals surface area contributed by atoms with Crippen LogP contribution in [0.2, 0.25) is 0 Å². The number of carbonyl (C=O) groups is 2. The highest BCUT2D eigenvalue weighted by Crippen LogP contribution is 2.22. The smallest absolute Gasteiger partial charge is 0.303 e. The van der Waals surface area contributed by atoms with Crippen molar-refractivity contribution < 1.29 is 14.7 Å². The lowest BCUT2D eigenvalue weighted by Crippen LogP contribution is -2.20. The Morgan fingerprint density at radius 1 is 0.870 bits per heavy atom. The van der Waals surface area contributed by atoms with Gasteiger partial charge in [0, 0.05) is 19.9 Å². The molecule has 23 heavy (non-hydrogen) atoms. The Balaban J connectivity index is 3.77. The molecule has 0 aliphatic carbocycles. The average molecular weight is 328 g/mol. The molecule has 0 aliphatic rings. The topological polar surface area (TPSA) is 66.4 Å². The fourth-order valence-electron chi connectivity index (χ4n) is 2.97. The first-order valence-corrected chi connectivity index (χ1v) is 9.52. The standard InChI is InChI=1S/C19H37NO3/c1-3-4-5-6-7-8-9-12-18(14-15-19(22)23)13-10-11-16-20-17(2)21/h18H,3-16H2,1-2H3,(H,20,21)(H,22,23). The number of amides is 1. The average Bonchev–Trinajstić information content (AvgIpc) is 2.50. The van der Waals surface area contributed by atoms with E-state index in [1.807, 2.05) is 0 Å². The van der Waals surface area contributed by atoms with Gasteiger partial charge in [-0.25, -0.2) is 0 Å². The number of aliphatic carboxylic acids is 1. The normalized spacial score (nSPS) is 12.1. The lowest BCUT2D eigenvalue weighted by Gasteiger charge is -2.16. The highest BCUT2D eigenvalue weighted by atomic mass is 16.4. The SMILES string of the molecule is CCCCCCCCCC(CCCCNC(C)=O)CCC(=O)O. The third-order valence-corrected chi connectivity index (χ3v) is 4.40. The van der Waals surface area contributed by atoms with Crippen LogP contribution < -0.4 is 5.32 Å². The summed E-state index contributed by atoms with van der Waals surface area (Å²) in [5, 5.41) is 11.7. The van der Waals surface area contributed by atoms with Gasteiger partial charge < -0.3 is 10.4 Å². The van der Waals surface area contributed by atoms with Crippen molar-refractivity contribution in [2.45, 2.75) is 97.3 Å². The summed E-state index contributed by atoms with van der Waals surface area (Å²) in [5.74, 6) is -0.137. The quantitative estimate of drug-likeness (QED) is 0.396. The Morgan fingerprint density at radius 2 is 1.43 bits per heavy atom. The van der Waals surface area contributed by atoms with Crippen molar-refractivity contribution >= 4 is 11.9 Å². The molecule has 136 valence electrons. The Hall–Kier alpha value is -1.06. The largest absolute Gasteiger partial charge is 0.481 e. The van der Waals surface area contributed by atoms with Crippen molar-refractivity contribution in [2.24, 2.45) is 5.92 Å². The van der Waals surface area contributed by atoms with Crippen molar-refractivity contribution in [3.63, 3.8) is 0 Å². The molecule has 1 amide bonds. The number of rotatable bonds is 16. The Labute approximate surface area is 142 Å². The van der Waals surface area contributed by atoms with Gasteiger partial charge in [0.2, 0.25) is 5.91 Å². The summed E-state index contributed by atoms with van der Waals surface area (Å²) in [4.78, 5) is 21.6. The molecule has 0 rings (SSSR count). The minimum atomic E-state index is -0.687. The molecule has 4 heteroatoms. The van der Waals surface area contributed by atoms with Gasteiger partial charge in [0.05, 0.1) is 0 Å². The lowest BCUT2D eigenvalue weighted by atomic mass is 9.91. The molecule has 0 fully saturated rings. The van der Waals surface area contributed by atoms with Crippen molar-refractivity contribution in [3.05, 3.63) is 0 Å². The van der Waals surface area contributed by atoms with Crippen molar-refractivity contribution in [1.82, 2.24) is 5.32 Å². The molecule has 1 unspecified atom stereocenters. The molecule has 0 aliphatic heterocycles. The molecule has 4 nitrogen and oxygen atoms in total. The van der Waals surface area contributed by atoms with Gasteiger partial charge in [0.25, 0.3) is 0 Å². The number of carboxylic acid groups (broad SMARTS) is 1. The van der Waals surface area contributed by atoms with E-state index < -0.39 is 5.97 Å². The van der Waals surface area contributed by atoms with Gasteiger partial charge in [-0.2, -0.15) is 0 Å². The summed E-state index contributed by atoms with van der Waals surface area (Å²) in [6.07, 6.45) is 14.5. The first kappa shape index (κ1) is 21.9. The van der Waals surface area contributed by atoms with Gasteiger partial charge >= 0.3 is 5.97 Å². The van der Waals surface area contributed by atoms with Crippen LogP contribution in [-0.2, 0) is 9.59 Å². The fourth-order valence-corrected chi connectivity index (χ4v) is 2.97. The summed E-state index contributed by atoms with van der Waals surface area (Å²) < 4.78 is 0. The highest BCUT2D eigenvalue weighted by Gasteiger charge is 2.10. The van der Waals surface area contributed by atoms with E-state index in [1.165, 1.54) is 51.9 Å². The van der Waals surface area contributed by atoms with Crippen molar-refractivity contribution in [3.8, 4) is 0 Å². The third-order valence-electron chi connectivity index (χ3n) is 4.40. The van der Waals surface area contributed by atoms with E-state index >= 15 is 0 Å². The highest BCUT2D eigenvalue weighted by molar-refractivity contribution is 5.72. The fraction of sp³-hybridized carbons (Fsp3) is 0.895. The Bertz CT molecular complexity index is 305. The van der Waals surface area contributed by atoms with E-state index in [0.717, 1.165) is 38.6 Å². The third kappa shape index (κ3) is 17.1. The van der Waals surface area contributed by atoms with E-state index in [4.69, 9.17) is 5.11 Å². The van der Waals surface area contributed by atoms with Gasteiger partial charge in [-0.1, -0.05) is 71.1 Å². The zero-order valence-corrected chi connectivity index (χ0v) is 15.2. The maximum Gasteiger partial charge on any atom is 0.303 e. The minimum absolute atomic E-state index is 0.0236. The predicted molar refractivity (Wildman–Crippen MR) is 95.5 cm³/mol. The van der Waals surface area contributed by atoms with Gasteiger partial charge in [-0.05, 0) is 18.8 Å². The molecule has 2 N–H and O–H groups in total. The van der Waals surface area contributed by atoms with E-state index in [0.29, 0.717) is 5.92 Å². The maximum absolute atomic E-state index is 10.8. The van der Waals surface area contributed by atoms with Crippen LogP contribution in [0.1, 0.15) is 97.3 Å². The number of hydrogen-bond acceptors (Lipinski definition) is 2. The monoisotopic (exact) mass is 327 g/mol. The zero-order valence-electron chi connectivity index (χ0n) is 15.2. The van der Waals surface area contributed by atoms with E-state index in [2.05, 4.69) is 12.2 Å². The van der Waals surface area contributed by atoms with Crippen LogP contribution in [0, 0.1) is 5.92 Å². The van der Waals surface area contributed by atoms with Crippen molar-refractivity contribution in [2.75, 3.05) is 6.54 Å². The Morgan fingerprint density at radius 3 is 2.00 bits per heavy atom. The van der Waals surface area contributed by atoms with Crippen LogP contribution in [-0.4, -0.2) is 23.5 Å². The van der Waals surface area contributed by atoms with Crippen molar-refractivity contribution in [1.29, 1.82) is 0 Å². The summed E-state index contributed by atoms with van der Waals surface area (Å²) in [6, 6.07) is 0. The van der Waals surface area contributed by atoms with Gasteiger partial charge in [0.15, 0.2) is 0 Å². The maximum atomic E-state index is 10.8. The molecule has 0 spiro atoms. The molecule has 0 saturated heterocycles. The number of nitrogens with one attached hydrogen (secondary N) is 1. The minimum Gasteiger partial charge on any atom is -0.481 e. The molecular formula is C19H37NO3. The Kier molecular flexibility index (Phi) is 15.1. The zero-order chi connectivity index (χ0) is 17.3. The second-order valence-corrected chi connectivity index (χ2v) is 6.69. The second-order valence-electron chi connectivity index (χ2n) is 6.69. The summed E-state index contributed by atoms with van der Waals surface area (Å²) in [6.45, 7) is 4.51. The van der Waals surface area contributed by atoms with E-state index in [1.54, 1.807) is 0 Å². The van der Waals surface area contributed by atoms with Crippen LogP contribution >= 0.6 is 0 Å². The van der Waals surface area contributed by atoms with Gasteiger partial charge in [0.1, 0.15) is 0 Å². The lowest BCUT2D eigenvalue weighted by molar-refractivity contribution is -0.137. The van der Waals surface area contributed by atoms with Crippen LogP contribution in [0.25, 0.3) is 0 Å². The van der Waals surface area contributed by atoms with Crippen LogP contribution in [0.15, 0.2) is 0 Å². The molecule has 0 aromatic heterocycles. The predicted octanol–water partition coefficient (Wildman–Crippen LogP) is 4.91. The first-order valence-electron chi connectivity index (χ1n) is 9.52. The molecule has 1 atom stereocenters. The number of hydrogen-bond donors (Lipinski definition) is 2. The summed E-state index contributed by atoms with van der Waals surface area (Å²) in [7, 11) is 0. The number of carboxylic acids is 1. The summed E-state index contributed by atoms with van der Waals surface area (Å²) >= 11 is 0. The number of unbranched alkanes of at least 4 members (excludes halogenated alkanes) is 7. The summed E-state index contributed by atoms with van der Waals surface area (Å²) in [5.41, 5.74) is 0. The molecule has 0 aromatic carbocycles. The molecule has 0 radical (unpaired) electrons. The van der Waals surface area contributed by atoms with Crippen LogP contribution in [0.5, 0.6) is 0 Å². The molecular weight excluding hydrogens is 290 g/mol.